The van der Waals surface area contributed by atoms with Crippen LogP contribution in [0.15, 0.2) is 48.7 Å². The predicted molar refractivity (Wildman–Crippen MR) is 121 cm³/mol. The molecule has 1 fully saturated rings. The zero-order valence-electron chi connectivity index (χ0n) is 17.2. The average Bonchev–Trinajstić information content (AvgIpc) is 3.28. The van der Waals surface area contributed by atoms with E-state index in [9.17, 15) is 13.6 Å². The van der Waals surface area contributed by atoms with E-state index >= 15 is 0 Å². The lowest BCUT2D eigenvalue weighted by atomic mass is 10.1. The maximum absolute atomic E-state index is 13.4. The standard InChI is InChI=1S/C23H22ClF2N5O/c24-20-5-3-15(13-27-20)14-28-21-6-4-19(23(30-21)31-7-1-2-8-31)29-22(32)11-16-9-17(25)12-18(26)10-16/h3-6,9-10,12-13H,1-2,7-8,11,14H2,(H,28,30)(H,29,32). The molecule has 2 aromatic heterocycles. The SMILES string of the molecule is O=C(Cc1cc(F)cc(F)c1)Nc1ccc(NCc2ccc(Cl)nc2)nc1N1CCCC1. The van der Waals surface area contributed by atoms with E-state index in [2.05, 4.69) is 20.5 Å². The van der Waals surface area contributed by atoms with Crippen LogP contribution < -0.4 is 15.5 Å². The third-order valence-electron chi connectivity index (χ3n) is 5.10. The molecule has 4 rings (SSSR count). The number of carbonyl (C=O) groups excluding carboxylic acids is 1. The second kappa shape index (κ2) is 9.91. The van der Waals surface area contributed by atoms with E-state index < -0.39 is 11.6 Å². The molecule has 3 aromatic rings. The Morgan fingerprint density at radius 2 is 1.78 bits per heavy atom. The van der Waals surface area contributed by atoms with Crippen molar-refractivity contribution in [2.75, 3.05) is 28.6 Å². The second-order valence-corrected chi connectivity index (χ2v) is 7.99. The van der Waals surface area contributed by atoms with Gasteiger partial charge in [-0.2, -0.15) is 0 Å². The first-order chi connectivity index (χ1) is 15.5. The molecule has 0 bridgehead atoms. The number of hydrogen-bond acceptors (Lipinski definition) is 5. The third-order valence-corrected chi connectivity index (χ3v) is 5.33. The lowest BCUT2D eigenvalue weighted by Gasteiger charge is -2.21. The highest BCUT2D eigenvalue weighted by atomic mass is 35.5. The number of anilines is 3. The van der Waals surface area contributed by atoms with Crippen LogP contribution in [0.25, 0.3) is 0 Å². The van der Waals surface area contributed by atoms with Crippen molar-refractivity contribution < 1.29 is 13.6 Å². The van der Waals surface area contributed by atoms with E-state index in [1.165, 1.54) is 0 Å². The first-order valence-corrected chi connectivity index (χ1v) is 10.7. The van der Waals surface area contributed by atoms with Gasteiger partial charge in [-0.05, 0) is 54.3 Å². The molecule has 1 saturated heterocycles. The predicted octanol–water partition coefficient (Wildman–Crippen LogP) is 4.80. The minimum atomic E-state index is -0.710. The van der Waals surface area contributed by atoms with Gasteiger partial charge in [-0.25, -0.2) is 18.7 Å². The van der Waals surface area contributed by atoms with Gasteiger partial charge in [0.1, 0.15) is 22.6 Å². The van der Waals surface area contributed by atoms with Gasteiger partial charge in [-0.3, -0.25) is 4.79 Å². The second-order valence-electron chi connectivity index (χ2n) is 7.61. The Morgan fingerprint density at radius 3 is 2.47 bits per heavy atom. The number of amides is 1. The highest BCUT2D eigenvalue weighted by Gasteiger charge is 2.19. The van der Waals surface area contributed by atoms with Crippen LogP contribution in [0, 0.1) is 11.6 Å². The molecule has 6 nitrogen and oxygen atoms in total. The summed E-state index contributed by atoms with van der Waals surface area (Å²) in [7, 11) is 0. The van der Waals surface area contributed by atoms with Crippen LogP contribution in [0.5, 0.6) is 0 Å². The molecule has 166 valence electrons. The largest absolute Gasteiger partial charge is 0.366 e. The molecule has 3 heterocycles. The maximum Gasteiger partial charge on any atom is 0.228 e. The number of nitrogens with one attached hydrogen (secondary N) is 2. The van der Waals surface area contributed by atoms with Gasteiger partial charge in [-0.15, -0.1) is 0 Å². The van der Waals surface area contributed by atoms with E-state index in [-0.39, 0.29) is 17.9 Å². The van der Waals surface area contributed by atoms with Gasteiger partial charge in [0.05, 0.1) is 12.1 Å². The molecule has 1 amide bonds. The average molecular weight is 458 g/mol. The summed E-state index contributed by atoms with van der Waals surface area (Å²) in [4.78, 5) is 23.5. The molecule has 1 aromatic carbocycles. The first-order valence-electron chi connectivity index (χ1n) is 10.3. The molecular weight excluding hydrogens is 436 g/mol. The van der Waals surface area contributed by atoms with Gasteiger partial charge in [0.25, 0.3) is 0 Å². The summed E-state index contributed by atoms with van der Waals surface area (Å²) in [5.41, 5.74) is 1.79. The van der Waals surface area contributed by atoms with E-state index in [4.69, 9.17) is 16.6 Å². The number of nitrogens with zero attached hydrogens (tertiary/aromatic N) is 3. The molecule has 0 aliphatic carbocycles. The lowest BCUT2D eigenvalue weighted by Crippen LogP contribution is -2.23. The summed E-state index contributed by atoms with van der Waals surface area (Å²) in [5.74, 6) is -0.463. The molecule has 0 radical (unpaired) electrons. The van der Waals surface area contributed by atoms with Crippen molar-refractivity contribution in [2.45, 2.75) is 25.8 Å². The number of aromatic nitrogens is 2. The van der Waals surface area contributed by atoms with Gasteiger partial charge < -0.3 is 15.5 Å². The molecule has 9 heteroatoms. The van der Waals surface area contributed by atoms with Crippen molar-refractivity contribution in [3.8, 4) is 0 Å². The fraction of sp³-hybridized carbons (Fsp3) is 0.261. The molecule has 1 aliphatic rings. The zero-order chi connectivity index (χ0) is 22.5. The highest BCUT2D eigenvalue weighted by Crippen LogP contribution is 2.29. The minimum absolute atomic E-state index is 0.141. The number of carbonyl (C=O) groups is 1. The van der Waals surface area contributed by atoms with Crippen molar-refractivity contribution >= 4 is 34.8 Å². The topological polar surface area (TPSA) is 70.1 Å². The van der Waals surface area contributed by atoms with E-state index in [0.717, 1.165) is 49.7 Å². The minimum Gasteiger partial charge on any atom is -0.366 e. The zero-order valence-corrected chi connectivity index (χ0v) is 18.0. The van der Waals surface area contributed by atoms with Crippen LogP contribution in [-0.4, -0.2) is 29.0 Å². The molecule has 0 saturated carbocycles. The van der Waals surface area contributed by atoms with Crippen LogP contribution in [-0.2, 0) is 17.8 Å². The van der Waals surface area contributed by atoms with Crippen LogP contribution in [0.4, 0.5) is 26.1 Å². The summed E-state index contributed by atoms with van der Waals surface area (Å²) in [6.07, 6.45) is 3.65. The Bertz CT molecular complexity index is 1080. The van der Waals surface area contributed by atoms with Gasteiger partial charge in [-0.1, -0.05) is 17.7 Å². The smallest absolute Gasteiger partial charge is 0.228 e. The Balaban J connectivity index is 1.49. The molecule has 32 heavy (non-hydrogen) atoms. The third kappa shape index (κ3) is 5.70. The van der Waals surface area contributed by atoms with Crippen molar-refractivity contribution in [2.24, 2.45) is 0 Å². The maximum atomic E-state index is 13.4. The van der Waals surface area contributed by atoms with E-state index in [0.29, 0.717) is 29.0 Å². The van der Waals surface area contributed by atoms with Crippen LogP contribution in [0.3, 0.4) is 0 Å². The molecule has 2 N–H and O–H groups in total. The Kier molecular flexibility index (Phi) is 6.80. The highest BCUT2D eigenvalue weighted by molar-refractivity contribution is 6.29. The monoisotopic (exact) mass is 457 g/mol. The summed E-state index contributed by atoms with van der Waals surface area (Å²) in [6, 6.07) is 10.3. The molecule has 0 unspecified atom stereocenters. The molecule has 1 aliphatic heterocycles. The number of halogens is 3. The van der Waals surface area contributed by atoms with Gasteiger partial charge in [0, 0.05) is 31.9 Å². The quantitative estimate of drug-likeness (QED) is 0.499. The van der Waals surface area contributed by atoms with E-state index in [1.807, 2.05) is 6.07 Å². The normalized spacial score (nSPS) is 13.3. The summed E-state index contributed by atoms with van der Waals surface area (Å²) >= 11 is 5.83. The van der Waals surface area contributed by atoms with Crippen LogP contribution in [0.1, 0.15) is 24.0 Å². The van der Waals surface area contributed by atoms with Crippen molar-refractivity contribution in [1.29, 1.82) is 0 Å². The summed E-state index contributed by atoms with van der Waals surface area (Å²) < 4.78 is 26.9. The molecule has 0 atom stereocenters. The van der Waals surface area contributed by atoms with Gasteiger partial charge >= 0.3 is 0 Å². The summed E-state index contributed by atoms with van der Waals surface area (Å²) in [6.45, 7) is 2.21. The summed E-state index contributed by atoms with van der Waals surface area (Å²) in [5, 5.41) is 6.54. The fourth-order valence-electron chi connectivity index (χ4n) is 3.61. The van der Waals surface area contributed by atoms with Crippen LogP contribution in [0.2, 0.25) is 5.15 Å². The Hall–Kier alpha value is -3.26. The van der Waals surface area contributed by atoms with Crippen molar-refractivity contribution in [3.05, 3.63) is 76.6 Å². The number of rotatable bonds is 7. The fourth-order valence-corrected chi connectivity index (χ4v) is 3.72. The first kappa shape index (κ1) is 22.0. The van der Waals surface area contributed by atoms with Crippen LogP contribution >= 0.6 is 11.6 Å². The lowest BCUT2D eigenvalue weighted by molar-refractivity contribution is -0.115. The number of benzene rings is 1. The Labute approximate surface area is 189 Å². The number of hydrogen-bond donors (Lipinski definition) is 2. The van der Waals surface area contributed by atoms with Crippen molar-refractivity contribution in [3.63, 3.8) is 0 Å². The Morgan fingerprint density at radius 1 is 1.03 bits per heavy atom. The molecule has 0 spiro atoms. The van der Waals surface area contributed by atoms with Gasteiger partial charge in [0.2, 0.25) is 5.91 Å². The van der Waals surface area contributed by atoms with Gasteiger partial charge in [0.15, 0.2) is 5.82 Å². The number of pyridine rings is 2. The van der Waals surface area contributed by atoms with E-state index in [1.54, 1.807) is 24.4 Å². The van der Waals surface area contributed by atoms with Crippen molar-refractivity contribution in [1.82, 2.24) is 9.97 Å². The molecular formula is C23H22ClF2N5O.